The van der Waals surface area contributed by atoms with Crippen molar-refractivity contribution >= 4 is 0 Å². The normalized spacial score (nSPS) is 20.8. The zero-order chi connectivity index (χ0) is 12.7. The molecule has 17 heavy (non-hydrogen) atoms. The number of nitrogens with one attached hydrogen (secondary N) is 1. The van der Waals surface area contributed by atoms with E-state index in [0.29, 0.717) is 6.04 Å². The van der Waals surface area contributed by atoms with Gasteiger partial charge in [0.05, 0.1) is 0 Å². The van der Waals surface area contributed by atoms with E-state index >= 15 is 0 Å². The number of hydrogen-bond acceptors (Lipinski definition) is 2. The molecular formula is C15H32N2. The maximum atomic E-state index is 3.81. The van der Waals surface area contributed by atoms with Crippen LogP contribution in [0.25, 0.3) is 0 Å². The van der Waals surface area contributed by atoms with E-state index in [2.05, 4.69) is 38.2 Å². The van der Waals surface area contributed by atoms with Crippen molar-refractivity contribution < 1.29 is 0 Å². The van der Waals surface area contributed by atoms with Crippen molar-refractivity contribution in [3.8, 4) is 0 Å². The van der Waals surface area contributed by atoms with Crippen LogP contribution < -0.4 is 5.32 Å². The highest BCUT2D eigenvalue weighted by atomic mass is 15.1. The van der Waals surface area contributed by atoms with Gasteiger partial charge < -0.3 is 10.2 Å². The third-order valence-electron chi connectivity index (χ3n) is 3.97. The minimum atomic E-state index is 0.693. The highest BCUT2D eigenvalue weighted by Crippen LogP contribution is 2.17. The lowest BCUT2D eigenvalue weighted by molar-refractivity contribution is 0.237. The molecule has 1 saturated carbocycles. The van der Waals surface area contributed by atoms with E-state index in [9.17, 15) is 0 Å². The fraction of sp³-hybridized carbons (Fsp3) is 1.00. The van der Waals surface area contributed by atoms with Gasteiger partial charge in [-0.05, 0) is 39.3 Å². The van der Waals surface area contributed by atoms with E-state index in [1.165, 1.54) is 44.9 Å². The molecule has 1 rings (SSSR count). The van der Waals surface area contributed by atoms with Crippen molar-refractivity contribution in [1.29, 1.82) is 0 Å². The summed E-state index contributed by atoms with van der Waals surface area (Å²) in [6, 6.07) is 1.48. The van der Waals surface area contributed by atoms with Crippen LogP contribution in [0.1, 0.15) is 58.8 Å². The first-order valence-corrected chi connectivity index (χ1v) is 7.49. The monoisotopic (exact) mass is 240 g/mol. The molecule has 0 aromatic rings. The fourth-order valence-corrected chi connectivity index (χ4v) is 2.81. The molecule has 0 saturated heterocycles. The smallest absolute Gasteiger partial charge is 0.0217 e. The van der Waals surface area contributed by atoms with E-state index in [0.717, 1.165) is 18.5 Å². The summed E-state index contributed by atoms with van der Waals surface area (Å²) in [4.78, 5) is 2.38. The molecule has 0 heterocycles. The predicted molar refractivity (Wildman–Crippen MR) is 76.4 cm³/mol. The molecule has 0 aromatic carbocycles. The van der Waals surface area contributed by atoms with Crippen LogP contribution in [-0.4, -0.2) is 37.6 Å². The van der Waals surface area contributed by atoms with Gasteiger partial charge in [0, 0.05) is 18.6 Å². The molecule has 0 spiro atoms. The number of rotatable bonds is 6. The lowest BCUT2D eigenvalue weighted by Gasteiger charge is -2.28. The fourth-order valence-electron chi connectivity index (χ4n) is 2.81. The summed E-state index contributed by atoms with van der Waals surface area (Å²) in [6.45, 7) is 5.81. The molecule has 2 heteroatoms. The third kappa shape index (κ3) is 6.42. The van der Waals surface area contributed by atoms with Gasteiger partial charge in [0.25, 0.3) is 0 Å². The van der Waals surface area contributed by atoms with E-state index in [1.54, 1.807) is 0 Å². The topological polar surface area (TPSA) is 15.3 Å². The molecule has 0 amide bonds. The van der Waals surface area contributed by atoms with Gasteiger partial charge >= 0.3 is 0 Å². The highest BCUT2D eigenvalue weighted by molar-refractivity contribution is 4.76. The van der Waals surface area contributed by atoms with E-state index in [1.807, 2.05) is 0 Å². The summed E-state index contributed by atoms with van der Waals surface area (Å²) in [6.07, 6.45) is 9.82. The Hall–Kier alpha value is -0.0800. The van der Waals surface area contributed by atoms with Gasteiger partial charge in [-0.3, -0.25) is 0 Å². The molecular weight excluding hydrogens is 208 g/mol. The van der Waals surface area contributed by atoms with E-state index in [-0.39, 0.29) is 0 Å². The summed E-state index contributed by atoms with van der Waals surface area (Å²) in [5.41, 5.74) is 0. The standard InChI is InChI=1S/C15H32N2/c1-13(2)11-15(17(3)4)12-16-14-9-7-5-6-8-10-14/h13-16H,5-12H2,1-4H3. The lowest BCUT2D eigenvalue weighted by atomic mass is 10.0. The Balaban J connectivity index is 2.29. The second-order valence-corrected chi connectivity index (χ2v) is 6.34. The zero-order valence-corrected chi connectivity index (χ0v) is 12.3. The predicted octanol–water partition coefficient (Wildman–Crippen LogP) is 3.28. The first-order chi connectivity index (χ1) is 8.09. The Bertz CT molecular complexity index is 181. The van der Waals surface area contributed by atoms with Crippen molar-refractivity contribution in [3.63, 3.8) is 0 Å². The SMILES string of the molecule is CC(C)CC(CNC1CCCCCC1)N(C)C. The molecule has 1 unspecified atom stereocenters. The highest BCUT2D eigenvalue weighted by Gasteiger charge is 2.16. The Kier molecular flexibility index (Phi) is 7.14. The maximum Gasteiger partial charge on any atom is 0.0217 e. The van der Waals surface area contributed by atoms with Gasteiger partial charge in [0.1, 0.15) is 0 Å². The van der Waals surface area contributed by atoms with Gasteiger partial charge in [0.15, 0.2) is 0 Å². The molecule has 102 valence electrons. The van der Waals surface area contributed by atoms with E-state index in [4.69, 9.17) is 0 Å². The van der Waals surface area contributed by atoms with Crippen LogP contribution in [0, 0.1) is 5.92 Å². The quantitative estimate of drug-likeness (QED) is 0.717. The summed E-state index contributed by atoms with van der Waals surface area (Å²) in [5, 5.41) is 3.81. The van der Waals surface area contributed by atoms with Crippen LogP contribution >= 0.6 is 0 Å². The van der Waals surface area contributed by atoms with E-state index < -0.39 is 0 Å². The molecule has 2 nitrogen and oxygen atoms in total. The Labute approximate surface area is 108 Å². The van der Waals surface area contributed by atoms with Crippen molar-refractivity contribution in [2.24, 2.45) is 5.92 Å². The summed E-state index contributed by atoms with van der Waals surface area (Å²) >= 11 is 0. The van der Waals surface area contributed by atoms with Crippen LogP contribution in [0.3, 0.4) is 0 Å². The van der Waals surface area contributed by atoms with Crippen LogP contribution in [0.4, 0.5) is 0 Å². The number of likely N-dealkylation sites (N-methyl/N-ethyl adjacent to an activating group) is 1. The van der Waals surface area contributed by atoms with Crippen LogP contribution in [-0.2, 0) is 0 Å². The molecule has 0 bridgehead atoms. The third-order valence-corrected chi connectivity index (χ3v) is 3.97. The van der Waals surface area contributed by atoms with Crippen LogP contribution in [0.5, 0.6) is 0 Å². The van der Waals surface area contributed by atoms with Crippen molar-refractivity contribution in [3.05, 3.63) is 0 Å². The first-order valence-electron chi connectivity index (χ1n) is 7.49. The first kappa shape index (κ1) is 15.0. The lowest BCUT2D eigenvalue weighted by Crippen LogP contribution is -2.42. The molecule has 0 aliphatic heterocycles. The molecule has 1 aliphatic carbocycles. The number of nitrogens with zero attached hydrogens (tertiary/aromatic N) is 1. The maximum absolute atomic E-state index is 3.81. The Morgan fingerprint density at radius 2 is 1.65 bits per heavy atom. The van der Waals surface area contributed by atoms with Gasteiger partial charge in [-0.15, -0.1) is 0 Å². The zero-order valence-electron chi connectivity index (χ0n) is 12.3. The molecule has 1 aliphatic rings. The summed E-state index contributed by atoms with van der Waals surface area (Å²) in [7, 11) is 4.42. The second-order valence-electron chi connectivity index (χ2n) is 6.34. The molecule has 0 radical (unpaired) electrons. The average Bonchev–Trinajstić information content (AvgIpc) is 2.51. The molecule has 1 N–H and O–H groups in total. The minimum absolute atomic E-state index is 0.693. The largest absolute Gasteiger partial charge is 0.312 e. The van der Waals surface area contributed by atoms with Gasteiger partial charge in [-0.25, -0.2) is 0 Å². The molecule has 0 aromatic heterocycles. The molecule has 1 atom stereocenters. The number of hydrogen-bond donors (Lipinski definition) is 1. The van der Waals surface area contributed by atoms with Crippen molar-refractivity contribution in [2.45, 2.75) is 70.9 Å². The Morgan fingerprint density at radius 3 is 2.12 bits per heavy atom. The minimum Gasteiger partial charge on any atom is -0.312 e. The van der Waals surface area contributed by atoms with Gasteiger partial charge in [-0.1, -0.05) is 39.5 Å². The van der Waals surface area contributed by atoms with Crippen LogP contribution in [0.2, 0.25) is 0 Å². The summed E-state index contributed by atoms with van der Waals surface area (Å²) < 4.78 is 0. The van der Waals surface area contributed by atoms with Gasteiger partial charge in [-0.2, -0.15) is 0 Å². The van der Waals surface area contributed by atoms with Crippen molar-refractivity contribution in [1.82, 2.24) is 10.2 Å². The van der Waals surface area contributed by atoms with Crippen molar-refractivity contribution in [2.75, 3.05) is 20.6 Å². The van der Waals surface area contributed by atoms with Crippen LogP contribution in [0.15, 0.2) is 0 Å². The Morgan fingerprint density at radius 1 is 1.06 bits per heavy atom. The van der Waals surface area contributed by atoms with Gasteiger partial charge in [0.2, 0.25) is 0 Å². The molecule has 1 fully saturated rings. The second kappa shape index (κ2) is 8.10. The average molecular weight is 240 g/mol. The summed E-state index contributed by atoms with van der Waals surface area (Å²) in [5.74, 6) is 0.790.